The number of anilines is 2. The molecule has 2 aliphatic heterocycles. The number of imide groups is 1. The summed E-state index contributed by atoms with van der Waals surface area (Å²) in [7, 11) is 1.61. The fraction of sp³-hybridized carbons (Fsp3) is 0.200. The fourth-order valence-corrected chi connectivity index (χ4v) is 4.30. The standard InChI is InChI=1S/C25H22N2O4/c1-16-8-12-18(13-9-16)26-24(28)21-22(17-10-14-20(30-2)15-11-17)27(31-23(21)25(26)29)19-6-4-3-5-7-19/h3-15,21-23H,1-2H3/t21-,22-,23+/m0/s1. The first-order valence-corrected chi connectivity index (χ1v) is 10.2. The van der Waals surface area contributed by atoms with Crippen LogP contribution in [0.15, 0.2) is 78.9 Å². The highest BCUT2D eigenvalue weighted by atomic mass is 16.7. The number of ether oxygens (including phenoxy) is 1. The lowest BCUT2D eigenvalue weighted by Gasteiger charge is -2.28. The number of benzene rings is 3. The topological polar surface area (TPSA) is 59.1 Å². The van der Waals surface area contributed by atoms with Crippen LogP contribution in [0.5, 0.6) is 5.75 Å². The molecule has 3 atom stereocenters. The van der Waals surface area contributed by atoms with Gasteiger partial charge in [-0.25, -0.2) is 9.96 Å². The molecule has 5 rings (SSSR count). The molecule has 31 heavy (non-hydrogen) atoms. The lowest BCUT2D eigenvalue weighted by atomic mass is 9.90. The Bertz CT molecular complexity index is 1110. The summed E-state index contributed by atoms with van der Waals surface area (Å²) in [6, 6.07) is 24.0. The van der Waals surface area contributed by atoms with E-state index < -0.39 is 18.1 Å². The molecule has 0 saturated carbocycles. The van der Waals surface area contributed by atoms with Crippen LogP contribution in [0.1, 0.15) is 17.2 Å². The highest BCUT2D eigenvalue weighted by Crippen LogP contribution is 2.47. The van der Waals surface area contributed by atoms with Crippen molar-refractivity contribution in [3.63, 3.8) is 0 Å². The Morgan fingerprint density at radius 3 is 2.13 bits per heavy atom. The van der Waals surface area contributed by atoms with Crippen molar-refractivity contribution < 1.29 is 19.2 Å². The third-order valence-corrected chi connectivity index (χ3v) is 5.88. The normalized spacial score (nSPS) is 22.7. The Labute approximate surface area is 180 Å². The van der Waals surface area contributed by atoms with Crippen molar-refractivity contribution in [1.82, 2.24) is 0 Å². The maximum atomic E-state index is 13.5. The molecule has 2 fully saturated rings. The molecule has 0 aliphatic carbocycles. The van der Waals surface area contributed by atoms with Crippen molar-refractivity contribution in [3.8, 4) is 5.75 Å². The molecule has 2 saturated heterocycles. The molecule has 0 unspecified atom stereocenters. The number of para-hydroxylation sites is 1. The SMILES string of the molecule is COc1ccc([C@H]2[C@@H]3C(=O)N(c4ccc(C)cc4)C(=O)[C@@H]3ON2c2ccccc2)cc1. The van der Waals surface area contributed by atoms with Gasteiger partial charge in [0.2, 0.25) is 5.91 Å². The van der Waals surface area contributed by atoms with Crippen LogP contribution in [0.25, 0.3) is 0 Å². The van der Waals surface area contributed by atoms with E-state index in [1.807, 2.05) is 73.7 Å². The van der Waals surface area contributed by atoms with E-state index in [4.69, 9.17) is 9.57 Å². The molecule has 0 spiro atoms. The van der Waals surface area contributed by atoms with E-state index in [2.05, 4.69) is 0 Å². The quantitative estimate of drug-likeness (QED) is 0.603. The molecule has 0 bridgehead atoms. The van der Waals surface area contributed by atoms with Gasteiger partial charge in [-0.3, -0.25) is 14.4 Å². The van der Waals surface area contributed by atoms with Crippen LogP contribution in [0.2, 0.25) is 0 Å². The summed E-state index contributed by atoms with van der Waals surface area (Å²) < 4.78 is 5.28. The van der Waals surface area contributed by atoms with Crippen LogP contribution in [0.4, 0.5) is 11.4 Å². The second-order valence-electron chi connectivity index (χ2n) is 7.78. The van der Waals surface area contributed by atoms with Gasteiger partial charge in [-0.15, -0.1) is 0 Å². The number of carbonyl (C=O) groups is 2. The van der Waals surface area contributed by atoms with E-state index >= 15 is 0 Å². The molecule has 3 aromatic carbocycles. The van der Waals surface area contributed by atoms with E-state index in [9.17, 15) is 9.59 Å². The van der Waals surface area contributed by atoms with Gasteiger partial charge in [-0.2, -0.15) is 0 Å². The second-order valence-corrected chi connectivity index (χ2v) is 7.78. The predicted octanol–water partition coefficient (Wildman–Crippen LogP) is 4.05. The second kappa shape index (κ2) is 7.56. The lowest BCUT2D eigenvalue weighted by Crippen LogP contribution is -2.37. The van der Waals surface area contributed by atoms with E-state index in [0.29, 0.717) is 5.69 Å². The Morgan fingerprint density at radius 2 is 1.48 bits per heavy atom. The molecular formula is C25H22N2O4. The van der Waals surface area contributed by atoms with Gasteiger partial charge < -0.3 is 4.74 Å². The average molecular weight is 414 g/mol. The van der Waals surface area contributed by atoms with E-state index in [-0.39, 0.29) is 11.8 Å². The van der Waals surface area contributed by atoms with Crippen molar-refractivity contribution in [2.45, 2.75) is 19.1 Å². The zero-order chi connectivity index (χ0) is 21.5. The van der Waals surface area contributed by atoms with Crippen LogP contribution >= 0.6 is 0 Å². The third-order valence-electron chi connectivity index (χ3n) is 5.88. The number of fused-ring (bicyclic) bond motifs is 1. The van der Waals surface area contributed by atoms with Crippen LogP contribution in [0, 0.1) is 12.8 Å². The third kappa shape index (κ3) is 3.16. The average Bonchev–Trinajstić information content (AvgIpc) is 3.31. The van der Waals surface area contributed by atoms with Crippen molar-refractivity contribution >= 4 is 23.2 Å². The number of amides is 2. The van der Waals surface area contributed by atoms with Gasteiger partial charge in [-0.05, 0) is 48.9 Å². The number of carbonyl (C=O) groups excluding carboxylic acids is 2. The molecule has 0 radical (unpaired) electrons. The number of methoxy groups -OCH3 is 1. The summed E-state index contributed by atoms with van der Waals surface area (Å²) in [6.07, 6.45) is -0.874. The first kappa shape index (κ1) is 19.3. The highest BCUT2D eigenvalue weighted by Gasteiger charge is 2.60. The van der Waals surface area contributed by atoms with Gasteiger partial charge in [0, 0.05) is 0 Å². The summed E-state index contributed by atoms with van der Waals surface area (Å²) in [5.41, 5.74) is 3.30. The Balaban J connectivity index is 1.57. The predicted molar refractivity (Wildman–Crippen MR) is 117 cm³/mol. The van der Waals surface area contributed by atoms with Crippen molar-refractivity contribution in [3.05, 3.63) is 90.0 Å². The summed E-state index contributed by atoms with van der Waals surface area (Å²) in [5.74, 6) is -0.517. The minimum atomic E-state index is -0.874. The van der Waals surface area contributed by atoms with E-state index in [1.165, 1.54) is 4.90 Å². The van der Waals surface area contributed by atoms with E-state index in [1.54, 1.807) is 24.3 Å². The van der Waals surface area contributed by atoms with Gasteiger partial charge in [0.05, 0.1) is 24.5 Å². The van der Waals surface area contributed by atoms with Gasteiger partial charge in [-0.1, -0.05) is 48.0 Å². The van der Waals surface area contributed by atoms with Gasteiger partial charge in [0.1, 0.15) is 11.7 Å². The zero-order valence-corrected chi connectivity index (χ0v) is 17.3. The molecule has 2 aliphatic rings. The Kier molecular flexibility index (Phi) is 4.71. The maximum absolute atomic E-state index is 13.5. The number of rotatable bonds is 4. The van der Waals surface area contributed by atoms with Crippen molar-refractivity contribution in [1.29, 1.82) is 0 Å². The maximum Gasteiger partial charge on any atom is 0.266 e. The first-order chi connectivity index (χ1) is 15.1. The molecule has 0 N–H and O–H groups in total. The number of hydrogen-bond acceptors (Lipinski definition) is 5. The molecule has 6 nitrogen and oxygen atoms in total. The summed E-state index contributed by atoms with van der Waals surface area (Å²) in [5, 5.41) is 1.69. The molecule has 2 heterocycles. The molecule has 6 heteroatoms. The van der Waals surface area contributed by atoms with Crippen molar-refractivity contribution in [2.24, 2.45) is 5.92 Å². The number of nitrogens with zero attached hydrogens (tertiary/aromatic N) is 2. The number of hydroxylamine groups is 1. The Morgan fingerprint density at radius 1 is 0.806 bits per heavy atom. The minimum absolute atomic E-state index is 0.252. The summed E-state index contributed by atoms with van der Waals surface area (Å²) in [6.45, 7) is 1.96. The number of aryl methyl sites for hydroxylation is 1. The van der Waals surface area contributed by atoms with Gasteiger partial charge in [0.15, 0.2) is 6.10 Å². The monoisotopic (exact) mass is 414 g/mol. The Hall–Kier alpha value is -3.64. The smallest absolute Gasteiger partial charge is 0.266 e. The van der Waals surface area contributed by atoms with Gasteiger partial charge >= 0.3 is 0 Å². The summed E-state index contributed by atoms with van der Waals surface area (Å²) in [4.78, 5) is 34.2. The van der Waals surface area contributed by atoms with Crippen LogP contribution in [0.3, 0.4) is 0 Å². The highest BCUT2D eigenvalue weighted by molar-refractivity contribution is 6.23. The number of hydrogen-bond donors (Lipinski definition) is 0. The lowest BCUT2D eigenvalue weighted by molar-refractivity contribution is -0.126. The zero-order valence-electron chi connectivity index (χ0n) is 17.3. The van der Waals surface area contributed by atoms with Crippen LogP contribution in [-0.2, 0) is 14.4 Å². The van der Waals surface area contributed by atoms with E-state index in [0.717, 1.165) is 22.6 Å². The largest absolute Gasteiger partial charge is 0.497 e. The van der Waals surface area contributed by atoms with Crippen LogP contribution in [-0.4, -0.2) is 25.0 Å². The first-order valence-electron chi connectivity index (χ1n) is 10.2. The molecule has 0 aromatic heterocycles. The minimum Gasteiger partial charge on any atom is -0.497 e. The van der Waals surface area contributed by atoms with Gasteiger partial charge in [0.25, 0.3) is 5.91 Å². The molecule has 3 aromatic rings. The fourth-order valence-electron chi connectivity index (χ4n) is 4.30. The molecule has 2 amide bonds. The molecular weight excluding hydrogens is 392 g/mol. The summed E-state index contributed by atoms with van der Waals surface area (Å²) >= 11 is 0. The molecule has 156 valence electrons. The van der Waals surface area contributed by atoms with Crippen molar-refractivity contribution in [2.75, 3.05) is 17.1 Å². The van der Waals surface area contributed by atoms with Crippen LogP contribution < -0.4 is 14.7 Å².